The molecular formula is C30H14F5N3O12S2. The van der Waals surface area contributed by atoms with Crippen LogP contribution in [0.5, 0.6) is 0 Å². The summed E-state index contributed by atoms with van der Waals surface area (Å²) in [4.78, 5) is 59.2. The molecule has 4 amide bonds. The average molecular weight is 768 g/mol. The molecule has 0 fully saturated rings. The Morgan fingerprint density at radius 2 is 1.10 bits per heavy atom. The van der Waals surface area contributed by atoms with E-state index in [1.807, 2.05) is 0 Å². The molecule has 268 valence electrons. The molecule has 0 saturated heterocycles. The first kappa shape index (κ1) is 35.8. The molecule has 2 aliphatic rings. The van der Waals surface area contributed by atoms with E-state index in [9.17, 15) is 68.1 Å². The molecule has 0 bridgehead atoms. The molecule has 0 N–H and O–H groups in total. The number of amides is 4. The molecule has 0 atom stereocenters. The molecule has 0 radical (unpaired) electrons. The van der Waals surface area contributed by atoms with E-state index < -0.39 is 93.2 Å². The highest BCUT2D eigenvalue weighted by atomic mass is 32.2. The molecule has 0 spiro atoms. The second-order valence-electron chi connectivity index (χ2n) is 10.8. The van der Waals surface area contributed by atoms with Crippen molar-refractivity contribution >= 4 is 49.6 Å². The summed E-state index contributed by atoms with van der Waals surface area (Å²) in [5.74, 6) is -7.83. The first-order chi connectivity index (χ1) is 24.2. The number of hydrogen-bond donors (Lipinski definition) is 0. The molecule has 52 heavy (non-hydrogen) atoms. The van der Waals surface area contributed by atoms with Crippen LogP contribution in [0.4, 0.5) is 27.6 Å². The monoisotopic (exact) mass is 767 g/mol. The maximum Gasteiger partial charge on any atom is 0.416 e. The Kier molecular flexibility index (Phi) is 8.52. The summed E-state index contributed by atoms with van der Waals surface area (Å²) < 4.78 is 127. The van der Waals surface area contributed by atoms with Crippen LogP contribution >= 0.6 is 0 Å². The molecule has 0 aliphatic carbocycles. The van der Waals surface area contributed by atoms with E-state index in [1.54, 1.807) is 0 Å². The number of imide groups is 2. The van der Waals surface area contributed by atoms with Crippen molar-refractivity contribution in [1.82, 2.24) is 10.1 Å². The Hall–Kier alpha value is -5.97. The molecule has 2 heterocycles. The van der Waals surface area contributed by atoms with Crippen LogP contribution < -0.4 is 0 Å². The van der Waals surface area contributed by atoms with Gasteiger partial charge in [-0.15, -0.1) is 18.7 Å². The molecule has 0 saturated carbocycles. The Balaban J connectivity index is 1.21. The third-order valence-electron chi connectivity index (χ3n) is 7.50. The highest BCUT2D eigenvalue weighted by molar-refractivity contribution is 7.87. The number of nitrogens with zero attached hydrogens (tertiary/aromatic N) is 3. The maximum absolute atomic E-state index is 14.1. The fourth-order valence-electron chi connectivity index (χ4n) is 5.13. The minimum atomic E-state index is -5.44. The van der Waals surface area contributed by atoms with E-state index >= 15 is 0 Å². The number of nitro benzene ring substituents is 1. The third-order valence-corrected chi connectivity index (χ3v) is 9.94. The van der Waals surface area contributed by atoms with E-state index in [2.05, 4.69) is 8.57 Å². The predicted molar refractivity (Wildman–Crippen MR) is 158 cm³/mol. The summed E-state index contributed by atoms with van der Waals surface area (Å²) in [5.41, 5.74) is -4.01. The predicted octanol–water partition coefficient (Wildman–Crippen LogP) is 4.32. The van der Waals surface area contributed by atoms with Crippen molar-refractivity contribution in [2.75, 3.05) is 0 Å². The maximum atomic E-state index is 14.1. The number of alkyl halides is 3. The van der Waals surface area contributed by atoms with Gasteiger partial charge in [-0.2, -0.15) is 30.0 Å². The highest BCUT2D eigenvalue weighted by Gasteiger charge is 2.44. The number of carbonyl (C=O) groups excluding carboxylic acids is 4. The van der Waals surface area contributed by atoms with E-state index in [1.165, 1.54) is 18.2 Å². The van der Waals surface area contributed by atoms with Crippen LogP contribution in [-0.2, 0) is 41.4 Å². The topological polar surface area (TPSA) is 205 Å². The van der Waals surface area contributed by atoms with Crippen molar-refractivity contribution in [2.24, 2.45) is 0 Å². The van der Waals surface area contributed by atoms with Crippen LogP contribution in [0.15, 0.2) is 82.6 Å². The van der Waals surface area contributed by atoms with Crippen molar-refractivity contribution in [3.05, 3.63) is 133 Å². The zero-order chi connectivity index (χ0) is 38.1. The lowest BCUT2D eigenvalue weighted by Gasteiger charge is -2.14. The highest BCUT2D eigenvalue weighted by Crippen LogP contribution is 2.36. The van der Waals surface area contributed by atoms with Gasteiger partial charge >= 0.3 is 26.4 Å². The quantitative estimate of drug-likeness (QED) is 0.101. The Bertz CT molecular complexity index is 2520. The number of benzene rings is 4. The summed E-state index contributed by atoms with van der Waals surface area (Å²) in [6.45, 7) is 0. The zero-order valence-corrected chi connectivity index (χ0v) is 26.7. The largest absolute Gasteiger partial charge is 0.416 e. The lowest BCUT2D eigenvalue weighted by atomic mass is 9.98. The fourth-order valence-corrected chi connectivity index (χ4v) is 7.11. The van der Waals surface area contributed by atoms with Crippen molar-refractivity contribution < 1.29 is 71.5 Å². The van der Waals surface area contributed by atoms with Gasteiger partial charge in [0.15, 0.2) is 4.90 Å². The van der Waals surface area contributed by atoms with E-state index in [4.69, 9.17) is 0 Å². The molecule has 22 heteroatoms. The summed E-state index contributed by atoms with van der Waals surface area (Å²) in [5, 5.41) is 11.0. The fraction of sp³-hybridized carbons (Fsp3) is 0.0667. The Morgan fingerprint density at radius 1 is 0.635 bits per heavy atom. The van der Waals surface area contributed by atoms with Gasteiger partial charge in [-0.1, -0.05) is 12.1 Å². The van der Waals surface area contributed by atoms with Crippen molar-refractivity contribution in [1.29, 1.82) is 0 Å². The first-order valence-electron chi connectivity index (χ1n) is 13.9. The lowest BCUT2D eigenvalue weighted by Crippen LogP contribution is -2.33. The summed E-state index contributed by atoms with van der Waals surface area (Å²) in [6.07, 6.45) is -5.20. The van der Waals surface area contributed by atoms with Crippen molar-refractivity contribution in [3.63, 3.8) is 0 Å². The van der Waals surface area contributed by atoms with Gasteiger partial charge in [-0.3, -0.25) is 29.3 Å². The van der Waals surface area contributed by atoms with Crippen LogP contribution in [0.3, 0.4) is 0 Å². The molecule has 2 aliphatic heterocycles. The van der Waals surface area contributed by atoms with Crippen LogP contribution in [0, 0.1) is 21.7 Å². The first-order valence-corrected chi connectivity index (χ1v) is 16.7. The third kappa shape index (κ3) is 6.27. The number of hydroxylamine groups is 4. The Labute approximate surface area is 286 Å². The van der Waals surface area contributed by atoms with E-state index in [0.29, 0.717) is 12.1 Å². The molecule has 4 aromatic carbocycles. The van der Waals surface area contributed by atoms with Gasteiger partial charge in [-0.05, 0) is 66.1 Å². The van der Waals surface area contributed by atoms with Crippen molar-refractivity contribution in [2.45, 2.75) is 22.4 Å². The van der Waals surface area contributed by atoms with E-state index in [0.717, 1.165) is 18.2 Å². The van der Waals surface area contributed by atoms with Crippen molar-refractivity contribution in [3.8, 4) is 0 Å². The molecule has 0 unspecified atom stereocenters. The molecule has 0 aromatic heterocycles. The molecule has 6 rings (SSSR count). The normalized spacial score (nSPS) is 14.6. The number of hydrogen-bond acceptors (Lipinski definition) is 12. The zero-order valence-electron chi connectivity index (χ0n) is 25.1. The lowest BCUT2D eigenvalue weighted by molar-refractivity contribution is -0.388. The number of halogens is 5. The minimum Gasteiger partial charge on any atom is -0.266 e. The van der Waals surface area contributed by atoms with Gasteiger partial charge in [0.05, 0.1) is 32.7 Å². The van der Waals surface area contributed by atoms with Gasteiger partial charge < -0.3 is 0 Å². The van der Waals surface area contributed by atoms with Gasteiger partial charge in [0, 0.05) is 12.1 Å². The second kappa shape index (κ2) is 12.4. The van der Waals surface area contributed by atoms with E-state index in [-0.39, 0.29) is 68.6 Å². The average Bonchev–Trinajstić information content (AvgIpc) is 3.42. The second-order valence-corrected chi connectivity index (χ2v) is 13.8. The molecule has 4 aromatic rings. The van der Waals surface area contributed by atoms with Gasteiger partial charge in [0.1, 0.15) is 16.5 Å². The smallest absolute Gasteiger partial charge is 0.266 e. The summed E-state index contributed by atoms with van der Waals surface area (Å²) in [6, 6.07) is 8.96. The van der Waals surface area contributed by atoms with Crippen LogP contribution in [0.1, 0.15) is 58.1 Å². The van der Waals surface area contributed by atoms with Crippen LogP contribution in [0.25, 0.3) is 0 Å². The Morgan fingerprint density at radius 3 is 1.56 bits per heavy atom. The standard InChI is InChI=1S/C30H14F5N3O12S2/c31-17-4-8-24(22(32)13-17)51(45,46)49-36-26(39)18-5-1-14(10-20(18)28(36)41)9-15-2-6-19-21(11-15)29(42)37(27(19)40)50-52(47,48)25-7-3-16(30(33,34)35)12-23(25)38(43)44/h1-8,10-13H,9H2. The number of fused-ring (bicyclic) bond motifs is 2. The number of nitro groups is 1. The molecule has 15 nitrogen and oxygen atoms in total. The SMILES string of the molecule is O=C1c2ccc(Cc3ccc4c(c3)C(=O)N(OS(=O)(=O)c3ccc(C(F)(F)F)cc3[N+](=O)[O-])C4=O)cc2C(=O)N1OS(=O)(=O)c1ccc(F)cc1F. The summed E-state index contributed by atoms with van der Waals surface area (Å²) in [7, 11) is -10.6. The minimum absolute atomic E-state index is 0.0606. The molecular weight excluding hydrogens is 753 g/mol. The van der Waals surface area contributed by atoms with Gasteiger partial charge in [0.2, 0.25) is 0 Å². The van der Waals surface area contributed by atoms with Crippen LogP contribution in [-0.4, -0.2) is 55.5 Å². The van der Waals surface area contributed by atoms with Gasteiger partial charge in [-0.25, -0.2) is 8.78 Å². The van der Waals surface area contributed by atoms with Gasteiger partial charge in [0.25, 0.3) is 29.3 Å². The number of rotatable bonds is 9. The van der Waals surface area contributed by atoms with Crippen LogP contribution in [0.2, 0.25) is 0 Å². The number of carbonyl (C=O) groups is 4. The summed E-state index contributed by atoms with van der Waals surface area (Å²) >= 11 is 0.